The van der Waals surface area contributed by atoms with Gasteiger partial charge in [-0.3, -0.25) is 5.41 Å². The highest BCUT2D eigenvalue weighted by molar-refractivity contribution is 5.82. The maximum atomic E-state index is 12.2. The predicted molar refractivity (Wildman–Crippen MR) is 73.5 cm³/mol. The fourth-order valence-electron chi connectivity index (χ4n) is 1.61. The summed E-state index contributed by atoms with van der Waals surface area (Å²) in [6, 6.07) is 5.62. The van der Waals surface area contributed by atoms with E-state index < -0.39 is 11.8 Å². The number of nitrogens with one attached hydrogen (secondary N) is 1. The van der Waals surface area contributed by atoms with Crippen molar-refractivity contribution in [1.29, 1.82) is 5.41 Å². The van der Waals surface area contributed by atoms with Gasteiger partial charge in [0.15, 0.2) is 11.5 Å². The third-order valence-electron chi connectivity index (χ3n) is 3.01. The normalized spacial score (nSPS) is 12.0. The quantitative estimate of drug-likeness (QED) is 0.458. The van der Waals surface area contributed by atoms with Crippen molar-refractivity contribution in [3.05, 3.63) is 24.3 Å². The lowest BCUT2D eigenvalue weighted by atomic mass is 9.87. The molecule has 0 unspecified atom stereocenters. The molecule has 0 aliphatic heterocycles. The molecule has 0 saturated heterocycles. The molecule has 1 aromatic carbocycles. The van der Waals surface area contributed by atoms with E-state index in [1.165, 1.54) is 18.2 Å². The number of amidine groups is 1. The Kier molecular flexibility index (Phi) is 5.46. The Bertz CT molecular complexity index is 487. The molecule has 1 aromatic rings. The van der Waals surface area contributed by atoms with Crippen LogP contribution in [0.1, 0.15) is 26.7 Å². The third-order valence-corrected chi connectivity index (χ3v) is 3.01. The summed E-state index contributed by atoms with van der Waals surface area (Å²) >= 11 is 0. The first-order valence-corrected chi connectivity index (χ1v) is 6.44. The van der Waals surface area contributed by atoms with Crippen molar-refractivity contribution in [3.63, 3.8) is 0 Å². The van der Waals surface area contributed by atoms with Gasteiger partial charge in [-0.05, 0) is 25.0 Å². The van der Waals surface area contributed by atoms with Crippen LogP contribution in [0.5, 0.6) is 11.5 Å². The fourth-order valence-corrected chi connectivity index (χ4v) is 1.61. The summed E-state index contributed by atoms with van der Waals surface area (Å²) in [5, 5.41) is 7.42. The van der Waals surface area contributed by atoms with Gasteiger partial charge in [-0.25, -0.2) is 0 Å². The Morgan fingerprint density at radius 2 is 1.76 bits per heavy atom. The second kappa shape index (κ2) is 6.69. The average Bonchev–Trinajstić information content (AvgIpc) is 2.34. The van der Waals surface area contributed by atoms with E-state index in [0.717, 1.165) is 0 Å². The highest BCUT2D eigenvalue weighted by atomic mass is 19.4. The molecule has 0 radical (unpaired) electrons. The van der Waals surface area contributed by atoms with Crippen LogP contribution in [0.15, 0.2) is 24.3 Å². The molecule has 21 heavy (non-hydrogen) atoms. The van der Waals surface area contributed by atoms with Crippen LogP contribution < -0.4 is 15.2 Å². The van der Waals surface area contributed by atoms with Crippen LogP contribution in [0.4, 0.5) is 13.2 Å². The number of hydrogen-bond acceptors (Lipinski definition) is 3. The molecular formula is C14H19F3N2O2. The molecule has 0 fully saturated rings. The molecule has 0 atom stereocenters. The van der Waals surface area contributed by atoms with E-state index in [2.05, 4.69) is 4.74 Å². The van der Waals surface area contributed by atoms with E-state index >= 15 is 0 Å². The van der Waals surface area contributed by atoms with Crippen LogP contribution in [-0.2, 0) is 0 Å². The van der Waals surface area contributed by atoms with Crippen LogP contribution in [-0.4, -0.2) is 18.8 Å². The van der Waals surface area contributed by atoms with Crippen molar-refractivity contribution in [2.75, 3.05) is 6.61 Å². The molecule has 0 heterocycles. The number of ether oxygens (including phenoxy) is 2. The van der Waals surface area contributed by atoms with Crippen molar-refractivity contribution in [2.45, 2.75) is 33.1 Å². The largest absolute Gasteiger partial charge is 0.573 e. The van der Waals surface area contributed by atoms with Gasteiger partial charge in [0.25, 0.3) is 0 Å². The standard InChI is InChI=1S/C14H19F3N2O2/c1-13(2,12(18)19)8-5-9-20-10-6-3-4-7-11(10)21-14(15,16)17/h3-4,6-7H,5,8-9H2,1-2H3,(H3,18,19). The first-order chi connectivity index (χ1) is 9.62. The molecule has 3 N–H and O–H groups in total. The molecule has 0 spiro atoms. The summed E-state index contributed by atoms with van der Waals surface area (Å²) in [7, 11) is 0. The first-order valence-electron chi connectivity index (χ1n) is 6.44. The molecule has 0 aromatic heterocycles. The molecule has 4 nitrogen and oxygen atoms in total. The molecule has 0 amide bonds. The average molecular weight is 304 g/mol. The van der Waals surface area contributed by atoms with Crippen molar-refractivity contribution in [3.8, 4) is 11.5 Å². The topological polar surface area (TPSA) is 68.3 Å². The number of benzene rings is 1. The van der Waals surface area contributed by atoms with Crippen LogP contribution in [0, 0.1) is 10.8 Å². The SMILES string of the molecule is CC(C)(CCCOc1ccccc1OC(F)(F)F)C(=N)N. The smallest absolute Gasteiger partial charge is 0.490 e. The second-order valence-electron chi connectivity index (χ2n) is 5.24. The summed E-state index contributed by atoms with van der Waals surface area (Å²) in [6.07, 6.45) is -3.59. The minimum atomic E-state index is -4.75. The minimum Gasteiger partial charge on any atom is -0.490 e. The van der Waals surface area contributed by atoms with Crippen molar-refractivity contribution >= 4 is 5.84 Å². The van der Waals surface area contributed by atoms with Gasteiger partial charge in [0.2, 0.25) is 0 Å². The Morgan fingerprint density at radius 1 is 1.19 bits per heavy atom. The maximum Gasteiger partial charge on any atom is 0.573 e. The lowest BCUT2D eigenvalue weighted by Gasteiger charge is -2.22. The van der Waals surface area contributed by atoms with E-state index in [1.54, 1.807) is 6.07 Å². The van der Waals surface area contributed by atoms with Gasteiger partial charge in [-0.2, -0.15) is 0 Å². The number of nitrogens with two attached hydrogens (primary N) is 1. The van der Waals surface area contributed by atoms with Crippen molar-refractivity contribution in [1.82, 2.24) is 0 Å². The fraction of sp³-hybridized carbons (Fsp3) is 0.500. The summed E-state index contributed by atoms with van der Waals surface area (Å²) in [6.45, 7) is 3.88. The van der Waals surface area contributed by atoms with Gasteiger partial charge in [0, 0.05) is 5.41 Å². The molecule has 0 aliphatic rings. The number of halogens is 3. The number of para-hydroxylation sites is 2. The minimum absolute atomic E-state index is 0.0375. The van der Waals surface area contributed by atoms with E-state index in [-0.39, 0.29) is 23.9 Å². The monoisotopic (exact) mass is 304 g/mol. The molecule has 7 heteroatoms. The van der Waals surface area contributed by atoms with Gasteiger partial charge < -0.3 is 15.2 Å². The Morgan fingerprint density at radius 3 is 2.29 bits per heavy atom. The highest BCUT2D eigenvalue weighted by Crippen LogP contribution is 2.32. The summed E-state index contributed by atoms with van der Waals surface area (Å²) in [4.78, 5) is 0. The zero-order valence-electron chi connectivity index (χ0n) is 12.0. The summed E-state index contributed by atoms with van der Waals surface area (Å²) in [5.74, 6) is -0.255. The predicted octanol–water partition coefficient (Wildman–Crippen LogP) is 3.71. The number of alkyl halides is 3. The highest BCUT2D eigenvalue weighted by Gasteiger charge is 2.32. The molecule has 0 aliphatic carbocycles. The van der Waals surface area contributed by atoms with Gasteiger partial charge in [-0.1, -0.05) is 26.0 Å². The second-order valence-corrected chi connectivity index (χ2v) is 5.24. The van der Waals surface area contributed by atoms with Crippen LogP contribution >= 0.6 is 0 Å². The summed E-state index contributed by atoms with van der Waals surface area (Å²) in [5.41, 5.74) is 5.00. The Balaban J connectivity index is 2.55. The van der Waals surface area contributed by atoms with Crippen molar-refractivity contribution < 1.29 is 22.6 Å². The van der Waals surface area contributed by atoms with Gasteiger partial charge in [0.05, 0.1) is 12.4 Å². The van der Waals surface area contributed by atoms with Gasteiger partial charge in [-0.15, -0.1) is 13.2 Å². The Labute approximate surface area is 121 Å². The molecular weight excluding hydrogens is 285 g/mol. The van der Waals surface area contributed by atoms with Crippen molar-refractivity contribution in [2.24, 2.45) is 11.1 Å². The molecule has 118 valence electrons. The van der Waals surface area contributed by atoms with Gasteiger partial charge in [0.1, 0.15) is 0 Å². The van der Waals surface area contributed by atoms with Crippen LogP contribution in [0.25, 0.3) is 0 Å². The molecule has 0 saturated carbocycles. The van der Waals surface area contributed by atoms with Gasteiger partial charge >= 0.3 is 6.36 Å². The Hall–Kier alpha value is -1.92. The zero-order valence-corrected chi connectivity index (χ0v) is 12.0. The third kappa shape index (κ3) is 5.93. The number of hydrogen-bond donors (Lipinski definition) is 2. The van der Waals surface area contributed by atoms with E-state index in [9.17, 15) is 13.2 Å². The van der Waals surface area contributed by atoms with E-state index in [4.69, 9.17) is 15.9 Å². The molecule has 1 rings (SSSR count). The van der Waals surface area contributed by atoms with Crippen LogP contribution in [0.2, 0.25) is 0 Å². The van der Waals surface area contributed by atoms with E-state index in [1.807, 2.05) is 13.8 Å². The number of rotatable bonds is 7. The van der Waals surface area contributed by atoms with Crippen LogP contribution in [0.3, 0.4) is 0 Å². The maximum absolute atomic E-state index is 12.2. The lowest BCUT2D eigenvalue weighted by molar-refractivity contribution is -0.275. The molecule has 0 bridgehead atoms. The zero-order chi connectivity index (χ0) is 16.1. The first kappa shape index (κ1) is 17.1. The lowest BCUT2D eigenvalue weighted by Crippen LogP contribution is -2.31. The van der Waals surface area contributed by atoms with E-state index in [0.29, 0.717) is 12.8 Å². The summed E-state index contributed by atoms with van der Waals surface area (Å²) < 4.78 is 45.9.